The Morgan fingerprint density at radius 3 is 2.55 bits per heavy atom. The molecule has 2 aliphatic heterocycles. The molecule has 0 atom stereocenters. The fourth-order valence-corrected chi connectivity index (χ4v) is 2.83. The number of amidine groups is 1. The predicted molar refractivity (Wildman–Crippen MR) is 89.7 cm³/mol. The Morgan fingerprint density at radius 1 is 0.955 bits per heavy atom. The minimum Gasteiger partial charge on any atom is -0.483 e. The van der Waals surface area contributed by atoms with E-state index in [1.165, 1.54) is 0 Å². The Morgan fingerprint density at radius 2 is 1.73 bits per heavy atom. The first-order valence-corrected chi connectivity index (χ1v) is 7.55. The summed E-state index contributed by atoms with van der Waals surface area (Å²) < 4.78 is 5.69. The lowest BCUT2D eigenvalue weighted by atomic mass is 10.1. The van der Waals surface area contributed by atoms with E-state index in [9.17, 15) is 0 Å². The molecule has 0 amide bonds. The molecular formula is C16H11Cl2N3O. The highest BCUT2D eigenvalue weighted by atomic mass is 35.5. The van der Waals surface area contributed by atoms with Crippen molar-refractivity contribution in [3.05, 3.63) is 58.1 Å². The molecule has 2 heterocycles. The second-order valence-corrected chi connectivity index (χ2v) is 5.93. The van der Waals surface area contributed by atoms with Crippen molar-refractivity contribution in [1.29, 1.82) is 0 Å². The Hall–Kier alpha value is -2.04. The second kappa shape index (κ2) is 5.30. The first-order valence-electron chi connectivity index (χ1n) is 6.80. The van der Waals surface area contributed by atoms with E-state index in [1.807, 2.05) is 42.5 Å². The molecule has 0 spiro atoms. The van der Waals surface area contributed by atoms with E-state index in [1.54, 1.807) is 0 Å². The molecule has 22 heavy (non-hydrogen) atoms. The van der Waals surface area contributed by atoms with Gasteiger partial charge in [0.05, 0.1) is 17.9 Å². The van der Waals surface area contributed by atoms with E-state index in [2.05, 4.69) is 15.1 Å². The highest BCUT2D eigenvalue weighted by Gasteiger charge is 2.28. The van der Waals surface area contributed by atoms with Gasteiger partial charge in [0.2, 0.25) is 0 Å². The summed E-state index contributed by atoms with van der Waals surface area (Å²) in [5.74, 6) is 1.59. The summed E-state index contributed by atoms with van der Waals surface area (Å²) in [6, 6.07) is 13.2. The molecule has 0 radical (unpaired) electrons. The van der Waals surface area contributed by atoms with Gasteiger partial charge in [-0.3, -0.25) is 0 Å². The van der Waals surface area contributed by atoms with Crippen LogP contribution in [0, 0.1) is 0 Å². The highest BCUT2D eigenvalue weighted by molar-refractivity contribution is 6.31. The van der Waals surface area contributed by atoms with Gasteiger partial charge in [-0.15, -0.1) is 5.10 Å². The summed E-state index contributed by atoms with van der Waals surface area (Å²) in [4.78, 5) is 2.08. The quantitative estimate of drug-likeness (QED) is 0.791. The third-order valence-corrected chi connectivity index (χ3v) is 4.14. The van der Waals surface area contributed by atoms with Crippen LogP contribution in [0.3, 0.4) is 0 Å². The van der Waals surface area contributed by atoms with E-state index < -0.39 is 0 Å². The van der Waals surface area contributed by atoms with Crippen molar-refractivity contribution in [2.75, 3.05) is 18.1 Å². The zero-order valence-electron chi connectivity index (χ0n) is 11.5. The van der Waals surface area contributed by atoms with Crippen molar-refractivity contribution in [3.63, 3.8) is 0 Å². The maximum absolute atomic E-state index is 6.11. The third kappa shape index (κ3) is 2.34. The average molecular weight is 332 g/mol. The number of hydrogen-bond acceptors (Lipinski definition) is 4. The maximum atomic E-state index is 6.11. The van der Waals surface area contributed by atoms with E-state index in [0.717, 1.165) is 28.5 Å². The lowest BCUT2D eigenvalue weighted by Crippen LogP contribution is -2.44. The summed E-state index contributed by atoms with van der Waals surface area (Å²) in [6.45, 7) is 1.03. The average Bonchev–Trinajstić information content (AvgIpc) is 2.55. The van der Waals surface area contributed by atoms with Gasteiger partial charge in [-0.25, -0.2) is 0 Å². The predicted octanol–water partition coefficient (Wildman–Crippen LogP) is 4.01. The van der Waals surface area contributed by atoms with E-state index in [4.69, 9.17) is 27.9 Å². The molecule has 110 valence electrons. The van der Waals surface area contributed by atoms with Gasteiger partial charge in [0, 0.05) is 10.0 Å². The first kappa shape index (κ1) is 13.6. The zero-order valence-corrected chi connectivity index (χ0v) is 13.0. The Kier molecular flexibility index (Phi) is 3.28. The van der Waals surface area contributed by atoms with Gasteiger partial charge in [-0.05, 0) is 35.9 Å². The zero-order chi connectivity index (χ0) is 15.1. The molecule has 6 heteroatoms. The number of hydrogen-bond donors (Lipinski definition) is 0. The molecule has 0 fully saturated rings. The summed E-state index contributed by atoms with van der Waals surface area (Å²) in [6.07, 6.45) is 0. The van der Waals surface area contributed by atoms with E-state index >= 15 is 0 Å². The highest BCUT2D eigenvalue weighted by Crippen LogP contribution is 2.35. The van der Waals surface area contributed by atoms with Crippen LogP contribution in [0.2, 0.25) is 10.0 Å². The number of halogens is 2. The third-order valence-electron chi connectivity index (χ3n) is 3.65. The van der Waals surface area contributed by atoms with Gasteiger partial charge in [-0.1, -0.05) is 35.3 Å². The van der Waals surface area contributed by atoms with Crippen LogP contribution in [0.5, 0.6) is 5.75 Å². The molecule has 0 saturated carbocycles. The molecule has 0 aliphatic carbocycles. The van der Waals surface area contributed by atoms with Crippen LogP contribution in [0.4, 0.5) is 5.69 Å². The van der Waals surface area contributed by atoms with Crippen LogP contribution in [-0.4, -0.2) is 24.7 Å². The van der Waals surface area contributed by atoms with Crippen molar-refractivity contribution in [3.8, 4) is 5.75 Å². The number of ether oxygens (including phenoxy) is 1. The molecule has 4 nitrogen and oxygen atoms in total. The molecule has 0 bridgehead atoms. The van der Waals surface area contributed by atoms with E-state index in [-0.39, 0.29) is 0 Å². The number of benzene rings is 2. The van der Waals surface area contributed by atoms with Crippen molar-refractivity contribution in [2.24, 2.45) is 10.2 Å². The van der Waals surface area contributed by atoms with Gasteiger partial charge in [-0.2, -0.15) is 5.10 Å². The first-order chi connectivity index (χ1) is 10.7. The Bertz CT molecular complexity index is 800. The van der Waals surface area contributed by atoms with Crippen LogP contribution >= 0.6 is 23.2 Å². The fraction of sp³-hybridized carbons (Fsp3) is 0.125. The number of anilines is 1. The number of rotatable bonds is 1. The van der Waals surface area contributed by atoms with Gasteiger partial charge >= 0.3 is 0 Å². The van der Waals surface area contributed by atoms with Crippen LogP contribution in [-0.2, 0) is 0 Å². The van der Waals surface area contributed by atoms with Crippen molar-refractivity contribution >= 4 is 40.4 Å². The lowest BCUT2D eigenvalue weighted by Gasteiger charge is -2.33. The van der Waals surface area contributed by atoms with Gasteiger partial charge in [0.25, 0.3) is 0 Å². The molecule has 2 aromatic carbocycles. The molecule has 0 N–H and O–H groups in total. The minimum atomic E-state index is 0.409. The summed E-state index contributed by atoms with van der Waals surface area (Å²) in [5, 5.41) is 9.97. The smallest absolute Gasteiger partial charge is 0.170 e. The van der Waals surface area contributed by atoms with Crippen LogP contribution in [0.15, 0.2) is 52.7 Å². The lowest BCUT2D eigenvalue weighted by molar-refractivity contribution is 0.366. The van der Waals surface area contributed by atoms with Gasteiger partial charge in [0.15, 0.2) is 5.84 Å². The van der Waals surface area contributed by atoms with Crippen molar-refractivity contribution < 1.29 is 4.74 Å². The monoisotopic (exact) mass is 331 g/mol. The second-order valence-electron chi connectivity index (χ2n) is 5.06. The normalized spacial score (nSPS) is 16.2. The van der Waals surface area contributed by atoms with Crippen molar-refractivity contribution in [2.45, 2.75) is 0 Å². The maximum Gasteiger partial charge on any atom is 0.170 e. The molecular weight excluding hydrogens is 321 g/mol. The topological polar surface area (TPSA) is 37.2 Å². The summed E-state index contributed by atoms with van der Waals surface area (Å²) >= 11 is 12.0. The van der Waals surface area contributed by atoms with Gasteiger partial charge < -0.3 is 9.64 Å². The molecule has 0 aromatic heterocycles. The van der Waals surface area contributed by atoms with Gasteiger partial charge in [0.1, 0.15) is 12.4 Å². The SMILES string of the molecule is Clc1ccc(C2=NN=C3COc4ccc(Cl)cc4N3C2)cc1. The molecule has 4 rings (SSSR count). The van der Waals surface area contributed by atoms with Crippen LogP contribution in [0.25, 0.3) is 0 Å². The number of fused-ring (bicyclic) bond motifs is 3. The van der Waals surface area contributed by atoms with Crippen LogP contribution in [0.1, 0.15) is 5.56 Å². The Labute approximate surface area is 137 Å². The van der Waals surface area contributed by atoms with E-state index in [0.29, 0.717) is 23.2 Å². The summed E-state index contributed by atoms with van der Waals surface area (Å²) in [5.41, 5.74) is 2.80. The van der Waals surface area contributed by atoms with Crippen LogP contribution < -0.4 is 9.64 Å². The summed E-state index contributed by atoms with van der Waals surface area (Å²) in [7, 11) is 0. The molecule has 0 saturated heterocycles. The molecule has 0 unspecified atom stereocenters. The Balaban J connectivity index is 1.72. The number of nitrogens with zero attached hydrogens (tertiary/aromatic N) is 3. The fourth-order valence-electron chi connectivity index (χ4n) is 2.53. The molecule has 2 aromatic rings. The minimum absolute atomic E-state index is 0.409. The van der Waals surface area contributed by atoms with Crippen molar-refractivity contribution in [1.82, 2.24) is 0 Å². The standard InChI is InChI=1S/C16H11Cl2N3O/c17-11-3-1-10(2-4-11)13-8-21-14-7-12(18)5-6-15(14)22-9-16(21)20-19-13/h1-7H,8-9H2. The molecule has 2 aliphatic rings. The largest absolute Gasteiger partial charge is 0.483 e.